The lowest BCUT2D eigenvalue weighted by molar-refractivity contribution is 1.18. The Labute approximate surface area is 214 Å². The van der Waals surface area contributed by atoms with Gasteiger partial charge < -0.3 is 4.57 Å². The molecule has 0 bridgehead atoms. The van der Waals surface area contributed by atoms with E-state index in [4.69, 9.17) is 0 Å². The Balaban J connectivity index is 1.40. The van der Waals surface area contributed by atoms with E-state index >= 15 is 0 Å². The van der Waals surface area contributed by atoms with Crippen molar-refractivity contribution in [2.24, 2.45) is 0 Å². The highest BCUT2D eigenvalue weighted by Gasteiger charge is 2.13. The van der Waals surface area contributed by atoms with Crippen LogP contribution in [0.4, 0.5) is 0 Å². The van der Waals surface area contributed by atoms with Crippen molar-refractivity contribution in [1.82, 2.24) is 4.57 Å². The first-order valence-corrected chi connectivity index (χ1v) is 12.8. The molecule has 0 saturated carbocycles. The summed E-state index contributed by atoms with van der Waals surface area (Å²) in [7, 11) is 0. The molecule has 0 aliphatic rings. The molecule has 37 heavy (non-hydrogen) atoms. The molecule has 1 heteroatoms. The molecule has 0 unspecified atom stereocenters. The summed E-state index contributed by atoms with van der Waals surface area (Å²) in [4.78, 5) is 0. The van der Waals surface area contributed by atoms with Crippen molar-refractivity contribution in [3.8, 4) is 16.8 Å². The van der Waals surface area contributed by atoms with Gasteiger partial charge in [0.25, 0.3) is 0 Å². The number of fused-ring (bicyclic) bond motifs is 8. The number of para-hydroxylation sites is 2. The molecule has 172 valence electrons. The Hall–Kier alpha value is -4.88. The van der Waals surface area contributed by atoms with E-state index < -0.39 is 0 Å². The van der Waals surface area contributed by atoms with Gasteiger partial charge in [0.1, 0.15) is 0 Å². The van der Waals surface area contributed by atoms with Crippen LogP contribution in [-0.2, 0) is 0 Å². The van der Waals surface area contributed by atoms with Gasteiger partial charge in [-0.15, -0.1) is 0 Å². The van der Waals surface area contributed by atoms with Gasteiger partial charge in [-0.25, -0.2) is 0 Å². The molecule has 0 saturated heterocycles. The quantitative estimate of drug-likeness (QED) is 0.222. The van der Waals surface area contributed by atoms with Gasteiger partial charge in [0.15, 0.2) is 0 Å². The second-order valence-electron chi connectivity index (χ2n) is 9.81. The maximum Gasteiger partial charge on any atom is 0.0541 e. The van der Waals surface area contributed by atoms with Crippen LogP contribution in [0.2, 0.25) is 0 Å². The van der Waals surface area contributed by atoms with Crippen LogP contribution >= 0.6 is 0 Å². The maximum atomic E-state index is 2.38. The number of hydrogen-bond acceptors (Lipinski definition) is 0. The second-order valence-corrected chi connectivity index (χ2v) is 9.81. The average molecular weight is 470 g/mol. The zero-order chi connectivity index (χ0) is 24.3. The van der Waals surface area contributed by atoms with Crippen LogP contribution in [0.3, 0.4) is 0 Å². The third-order valence-electron chi connectivity index (χ3n) is 7.75. The molecule has 0 atom stereocenters. The van der Waals surface area contributed by atoms with E-state index in [9.17, 15) is 0 Å². The SMILES string of the molecule is c1ccc(-n2c3ccccc3c3cc(-c4ccc5ccc6ccc7ccccc7c6c5c4)ccc32)cc1. The minimum atomic E-state index is 1.19. The summed E-state index contributed by atoms with van der Waals surface area (Å²) in [5.41, 5.74) is 6.13. The maximum absolute atomic E-state index is 2.38. The van der Waals surface area contributed by atoms with Crippen molar-refractivity contribution < 1.29 is 0 Å². The van der Waals surface area contributed by atoms with E-state index in [2.05, 4.69) is 144 Å². The number of benzene rings is 7. The third kappa shape index (κ3) is 3.04. The van der Waals surface area contributed by atoms with Gasteiger partial charge in [0.05, 0.1) is 11.0 Å². The van der Waals surface area contributed by atoms with Crippen LogP contribution in [-0.4, -0.2) is 4.57 Å². The normalized spacial score (nSPS) is 11.8. The molecule has 0 radical (unpaired) electrons. The zero-order valence-electron chi connectivity index (χ0n) is 20.2. The fourth-order valence-corrected chi connectivity index (χ4v) is 6.01. The van der Waals surface area contributed by atoms with Gasteiger partial charge in [-0.05, 0) is 79.8 Å². The fourth-order valence-electron chi connectivity index (χ4n) is 6.01. The summed E-state index contributed by atoms with van der Waals surface area (Å²) in [6, 6.07) is 50.8. The fraction of sp³-hybridized carbons (Fsp3) is 0. The molecule has 0 spiro atoms. The van der Waals surface area contributed by atoms with Crippen molar-refractivity contribution >= 4 is 54.1 Å². The molecular formula is C36H23N. The first-order valence-electron chi connectivity index (χ1n) is 12.8. The Kier molecular flexibility index (Phi) is 4.29. The molecule has 1 heterocycles. The molecule has 0 aliphatic heterocycles. The molecule has 7 aromatic carbocycles. The van der Waals surface area contributed by atoms with Crippen LogP contribution in [0.25, 0.3) is 70.9 Å². The van der Waals surface area contributed by atoms with Gasteiger partial charge in [0, 0.05) is 16.5 Å². The predicted molar refractivity (Wildman–Crippen MR) is 159 cm³/mol. The van der Waals surface area contributed by atoms with E-state index in [-0.39, 0.29) is 0 Å². The van der Waals surface area contributed by atoms with Crippen LogP contribution in [0.1, 0.15) is 0 Å². The highest BCUT2D eigenvalue weighted by atomic mass is 15.0. The lowest BCUT2D eigenvalue weighted by Gasteiger charge is -2.11. The molecule has 0 aliphatic carbocycles. The Morgan fingerprint density at radius 1 is 0.351 bits per heavy atom. The van der Waals surface area contributed by atoms with Gasteiger partial charge in [-0.3, -0.25) is 0 Å². The Morgan fingerprint density at radius 3 is 1.76 bits per heavy atom. The molecule has 8 aromatic rings. The van der Waals surface area contributed by atoms with E-state index in [1.165, 1.54) is 70.9 Å². The van der Waals surface area contributed by atoms with Gasteiger partial charge in [-0.1, -0.05) is 103 Å². The van der Waals surface area contributed by atoms with Crippen molar-refractivity contribution in [3.63, 3.8) is 0 Å². The minimum Gasteiger partial charge on any atom is -0.309 e. The number of nitrogens with zero attached hydrogens (tertiary/aromatic N) is 1. The van der Waals surface area contributed by atoms with Crippen LogP contribution < -0.4 is 0 Å². The minimum absolute atomic E-state index is 1.19. The van der Waals surface area contributed by atoms with Crippen molar-refractivity contribution in [1.29, 1.82) is 0 Å². The van der Waals surface area contributed by atoms with Gasteiger partial charge >= 0.3 is 0 Å². The summed E-state index contributed by atoms with van der Waals surface area (Å²) in [5.74, 6) is 0. The monoisotopic (exact) mass is 469 g/mol. The third-order valence-corrected chi connectivity index (χ3v) is 7.75. The molecule has 1 nitrogen and oxygen atoms in total. The van der Waals surface area contributed by atoms with E-state index in [0.717, 1.165) is 0 Å². The van der Waals surface area contributed by atoms with Crippen LogP contribution in [0, 0.1) is 0 Å². The molecule has 1 aromatic heterocycles. The average Bonchev–Trinajstić information content (AvgIpc) is 3.30. The summed E-state index contributed by atoms with van der Waals surface area (Å²) < 4.78 is 2.37. The van der Waals surface area contributed by atoms with E-state index in [0.29, 0.717) is 0 Å². The number of rotatable bonds is 2. The van der Waals surface area contributed by atoms with Crippen LogP contribution in [0.15, 0.2) is 140 Å². The summed E-state index contributed by atoms with van der Waals surface area (Å²) >= 11 is 0. The molecule has 0 amide bonds. The van der Waals surface area contributed by atoms with Crippen molar-refractivity contribution in [2.75, 3.05) is 0 Å². The lowest BCUT2D eigenvalue weighted by atomic mass is 9.93. The smallest absolute Gasteiger partial charge is 0.0541 e. The van der Waals surface area contributed by atoms with E-state index in [1.807, 2.05) is 0 Å². The van der Waals surface area contributed by atoms with Gasteiger partial charge in [0.2, 0.25) is 0 Å². The Morgan fingerprint density at radius 2 is 0.919 bits per heavy atom. The topological polar surface area (TPSA) is 4.93 Å². The summed E-state index contributed by atoms with van der Waals surface area (Å²) in [6.07, 6.45) is 0. The first-order chi connectivity index (χ1) is 18.3. The van der Waals surface area contributed by atoms with Crippen molar-refractivity contribution in [2.45, 2.75) is 0 Å². The molecule has 0 N–H and O–H groups in total. The number of aromatic nitrogens is 1. The van der Waals surface area contributed by atoms with Crippen LogP contribution in [0.5, 0.6) is 0 Å². The summed E-state index contributed by atoms with van der Waals surface area (Å²) in [5, 5.41) is 10.3. The molecular weight excluding hydrogens is 446 g/mol. The van der Waals surface area contributed by atoms with E-state index in [1.54, 1.807) is 0 Å². The Bertz CT molecular complexity index is 2130. The first kappa shape index (κ1) is 20.3. The highest BCUT2D eigenvalue weighted by Crippen LogP contribution is 2.37. The largest absolute Gasteiger partial charge is 0.309 e. The second kappa shape index (κ2) is 7.81. The molecule has 8 rings (SSSR count). The highest BCUT2D eigenvalue weighted by molar-refractivity contribution is 6.20. The summed E-state index contributed by atoms with van der Waals surface area (Å²) in [6.45, 7) is 0. The standard InChI is InChI=1S/C36H23N/c1-2-9-29(10-3-1)37-34-13-7-6-12-31(34)33-23-28(20-21-35(33)37)27-19-16-25-15-18-26-17-14-24-8-4-5-11-30(24)36(26)32(25)22-27/h1-23H. The van der Waals surface area contributed by atoms with Crippen molar-refractivity contribution in [3.05, 3.63) is 140 Å². The number of hydrogen-bond donors (Lipinski definition) is 0. The lowest BCUT2D eigenvalue weighted by Crippen LogP contribution is -1.92. The van der Waals surface area contributed by atoms with Gasteiger partial charge in [-0.2, -0.15) is 0 Å². The molecule has 0 fully saturated rings. The predicted octanol–water partition coefficient (Wildman–Crippen LogP) is 9.91. The zero-order valence-corrected chi connectivity index (χ0v) is 20.2.